The Morgan fingerprint density at radius 3 is 2.58 bits per heavy atom. The largest absolute Gasteiger partial charge is 0.419 e. The van der Waals surface area contributed by atoms with Crippen LogP contribution in [0.3, 0.4) is 0 Å². The maximum atomic E-state index is 13.9. The smallest absolute Gasteiger partial charge is 0.351 e. The van der Waals surface area contributed by atoms with Crippen molar-refractivity contribution in [2.75, 3.05) is 31.1 Å². The third-order valence-corrected chi connectivity index (χ3v) is 4.11. The van der Waals surface area contributed by atoms with Crippen molar-refractivity contribution in [1.82, 2.24) is 19.7 Å². The number of rotatable bonds is 1. The van der Waals surface area contributed by atoms with Gasteiger partial charge < -0.3 is 10.2 Å². The Labute approximate surface area is 133 Å². The summed E-state index contributed by atoms with van der Waals surface area (Å²) in [5.74, 6) is -0.776. The highest BCUT2D eigenvalue weighted by Gasteiger charge is 2.35. The van der Waals surface area contributed by atoms with Crippen molar-refractivity contribution in [2.45, 2.75) is 6.18 Å². The molecule has 1 aromatic carbocycles. The van der Waals surface area contributed by atoms with Gasteiger partial charge in [-0.05, 0) is 6.07 Å². The van der Waals surface area contributed by atoms with E-state index in [-0.39, 0.29) is 11.0 Å². The van der Waals surface area contributed by atoms with Gasteiger partial charge in [0, 0.05) is 44.6 Å². The van der Waals surface area contributed by atoms with Crippen molar-refractivity contribution in [3.8, 4) is 0 Å². The zero-order valence-electron chi connectivity index (χ0n) is 12.4. The highest BCUT2D eigenvalue weighted by atomic mass is 19.4. The summed E-state index contributed by atoms with van der Waals surface area (Å²) in [5.41, 5.74) is -0.500. The first kappa shape index (κ1) is 15.1. The maximum absolute atomic E-state index is 13.9. The van der Waals surface area contributed by atoms with Gasteiger partial charge in [0.15, 0.2) is 11.5 Å². The zero-order valence-corrected chi connectivity index (χ0v) is 12.4. The van der Waals surface area contributed by atoms with Crippen LogP contribution >= 0.6 is 0 Å². The summed E-state index contributed by atoms with van der Waals surface area (Å²) in [5, 5.41) is 3.22. The van der Waals surface area contributed by atoms with Crippen molar-refractivity contribution < 1.29 is 17.6 Å². The van der Waals surface area contributed by atoms with Crippen molar-refractivity contribution in [3.63, 3.8) is 0 Å². The van der Waals surface area contributed by atoms with E-state index in [1.165, 1.54) is 10.6 Å². The van der Waals surface area contributed by atoms with Gasteiger partial charge in [-0.15, -0.1) is 0 Å². The number of hydrogen-bond acceptors (Lipinski definition) is 4. The van der Waals surface area contributed by atoms with E-state index in [1.807, 2.05) is 4.90 Å². The minimum Gasteiger partial charge on any atom is -0.351 e. The number of benzene rings is 1. The molecule has 1 fully saturated rings. The van der Waals surface area contributed by atoms with Gasteiger partial charge in [0.05, 0.1) is 16.6 Å². The Hall–Kier alpha value is -2.42. The van der Waals surface area contributed by atoms with E-state index in [2.05, 4.69) is 15.3 Å². The molecule has 1 aliphatic heterocycles. The summed E-state index contributed by atoms with van der Waals surface area (Å²) in [7, 11) is 0. The molecule has 2 aromatic heterocycles. The third kappa shape index (κ3) is 2.35. The monoisotopic (exact) mass is 339 g/mol. The lowest BCUT2D eigenvalue weighted by molar-refractivity contribution is -0.139. The summed E-state index contributed by atoms with van der Waals surface area (Å²) in [6.07, 6.45) is -1.70. The number of alkyl halides is 3. The molecule has 0 radical (unpaired) electrons. The van der Waals surface area contributed by atoms with Crippen molar-refractivity contribution in [2.24, 2.45) is 0 Å². The number of aromatic nitrogens is 3. The normalized spacial score (nSPS) is 16.2. The molecule has 126 valence electrons. The van der Waals surface area contributed by atoms with Crippen LogP contribution in [0.2, 0.25) is 0 Å². The SMILES string of the molecule is Fc1cc2nc(N3CCNCC3)c3nccn3c2cc1C(F)(F)F. The first-order valence-corrected chi connectivity index (χ1v) is 7.44. The van der Waals surface area contributed by atoms with Crippen molar-refractivity contribution >= 4 is 22.5 Å². The molecule has 24 heavy (non-hydrogen) atoms. The molecule has 0 amide bonds. The first-order chi connectivity index (χ1) is 11.4. The highest BCUT2D eigenvalue weighted by molar-refractivity contribution is 5.84. The number of nitrogens with zero attached hydrogens (tertiary/aromatic N) is 4. The fourth-order valence-electron chi connectivity index (χ4n) is 2.97. The summed E-state index contributed by atoms with van der Waals surface area (Å²) in [4.78, 5) is 10.6. The lowest BCUT2D eigenvalue weighted by atomic mass is 10.1. The molecule has 5 nitrogen and oxygen atoms in total. The zero-order chi connectivity index (χ0) is 16.9. The van der Waals surface area contributed by atoms with Crippen LogP contribution in [0.15, 0.2) is 24.5 Å². The fraction of sp³-hybridized carbons (Fsp3) is 0.333. The van der Waals surface area contributed by atoms with Crippen LogP contribution in [0.25, 0.3) is 16.7 Å². The summed E-state index contributed by atoms with van der Waals surface area (Å²) in [6.45, 7) is 2.94. The average Bonchev–Trinajstić information content (AvgIpc) is 3.03. The van der Waals surface area contributed by atoms with Crippen molar-refractivity contribution in [1.29, 1.82) is 0 Å². The van der Waals surface area contributed by atoms with Gasteiger partial charge in [-0.1, -0.05) is 0 Å². The van der Waals surface area contributed by atoms with Gasteiger partial charge in [0.25, 0.3) is 0 Å². The van der Waals surface area contributed by atoms with Gasteiger partial charge in [0.2, 0.25) is 0 Å². The minimum absolute atomic E-state index is 0.166. The molecule has 0 saturated carbocycles. The summed E-state index contributed by atoms with van der Waals surface area (Å²) < 4.78 is 54.3. The Morgan fingerprint density at radius 2 is 1.88 bits per heavy atom. The third-order valence-electron chi connectivity index (χ3n) is 4.11. The van der Waals surface area contributed by atoms with E-state index in [0.717, 1.165) is 25.2 Å². The Bertz CT molecular complexity index is 911. The van der Waals surface area contributed by atoms with Gasteiger partial charge in [-0.25, -0.2) is 14.4 Å². The molecule has 3 heterocycles. The topological polar surface area (TPSA) is 45.5 Å². The number of anilines is 1. The van der Waals surface area contributed by atoms with Crippen LogP contribution in [0.4, 0.5) is 23.4 Å². The average molecular weight is 339 g/mol. The lowest BCUT2D eigenvalue weighted by Gasteiger charge is -2.28. The van der Waals surface area contributed by atoms with Crippen LogP contribution < -0.4 is 10.2 Å². The van der Waals surface area contributed by atoms with Gasteiger partial charge >= 0.3 is 6.18 Å². The summed E-state index contributed by atoms with van der Waals surface area (Å²) in [6, 6.07) is 1.62. The number of fused-ring (bicyclic) bond motifs is 3. The van der Waals surface area contributed by atoms with Crippen LogP contribution in [-0.2, 0) is 6.18 Å². The number of nitrogens with one attached hydrogen (secondary N) is 1. The van der Waals surface area contributed by atoms with E-state index in [0.29, 0.717) is 24.6 Å². The highest BCUT2D eigenvalue weighted by Crippen LogP contribution is 2.34. The first-order valence-electron chi connectivity index (χ1n) is 7.44. The minimum atomic E-state index is -4.76. The standard InChI is InChI=1S/C15H13F4N5/c16-10-8-11-12(7-9(10)15(17,18)19)24-6-3-21-13(24)14(22-11)23-4-1-20-2-5-23/h3,6-8,20H,1-2,4-5H2. The second-order valence-electron chi connectivity index (χ2n) is 5.61. The molecule has 0 unspecified atom stereocenters. The van der Waals surface area contributed by atoms with Gasteiger partial charge in [-0.2, -0.15) is 13.2 Å². The molecule has 1 aliphatic rings. The van der Waals surface area contributed by atoms with E-state index >= 15 is 0 Å². The molecule has 9 heteroatoms. The lowest BCUT2D eigenvalue weighted by Crippen LogP contribution is -2.44. The van der Waals surface area contributed by atoms with Crippen LogP contribution in [0, 0.1) is 5.82 Å². The van der Waals surface area contributed by atoms with Crippen LogP contribution in [0.5, 0.6) is 0 Å². The van der Waals surface area contributed by atoms with E-state index in [9.17, 15) is 17.6 Å². The van der Waals surface area contributed by atoms with E-state index in [1.54, 1.807) is 6.20 Å². The summed E-state index contributed by atoms with van der Waals surface area (Å²) >= 11 is 0. The molecule has 0 spiro atoms. The number of halogens is 4. The van der Waals surface area contributed by atoms with E-state index < -0.39 is 17.6 Å². The van der Waals surface area contributed by atoms with E-state index in [4.69, 9.17) is 0 Å². The molecule has 0 aliphatic carbocycles. The molecule has 0 bridgehead atoms. The molecule has 3 aromatic rings. The van der Waals surface area contributed by atoms with Gasteiger partial charge in [0.1, 0.15) is 5.82 Å². The second kappa shape index (κ2) is 5.30. The molecule has 1 N–H and O–H groups in total. The Kier molecular flexibility index (Phi) is 3.34. The van der Waals surface area contributed by atoms with Crippen molar-refractivity contribution in [3.05, 3.63) is 35.9 Å². The fourth-order valence-corrected chi connectivity index (χ4v) is 2.97. The second-order valence-corrected chi connectivity index (χ2v) is 5.61. The molecule has 0 atom stereocenters. The molecule has 4 rings (SSSR count). The Balaban J connectivity index is 1.98. The predicted octanol–water partition coefficient (Wildman–Crippen LogP) is 2.45. The number of hydrogen-bond donors (Lipinski definition) is 1. The van der Waals surface area contributed by atoms with Crippen LogP contribution in [0.1, 0.15) is 5.56 Å². The molecule has 1 saturated heterocycles. The Morgan fingerprint density at radius 1 is 1.12 bits per heavy atom. The number of piperazine rings is 1. The predicted molar refractivity (Wildman–Crippen MR) is 80.5 cm³/mol. The molecular weight excluding hydrogens is 326 g/mol. The quantitative estimate of drug-likeness (QED) is 0.692. The number of imidazole rings is 1. The molecular formula is C15H13F4N5. The van der Waals surface area contributed by atoms with Gasteiger partial charge in [-0.3, -0.25) is 4.40 Å². The van der Waals surface area contributed by atoms with Crippen LogP contribution in [-0.4, -0.2) is 40.5 Å². The maximum Gasteiger partial charge on any atom is 0.419 e.